The van der Waals surface area contributed by atoms with Gasteiger partial charge in [-0.25, -0.2) is 0 Å². The van der Waals surface area contributed by atoms with Crippen molar-refractivity contribution in [3.05, 3.63) is 78.9 Å². The van der Waals surface area contributed by atoms with E-state index < -0.39 is 9.85 Å². The number of nitrogens with zero attached hydrogens (tertiary/aromatic N) is 4. The Kier molecular flexibility index (Phi) is 6.74. The van der Waals surface area contributed by atoms with Gasteiger partial charge >= 0.3 is 0 Å². The van der Waals surface area contributed by atoms with Gasteiger partial charge in [0, 0.05) is 28.8 Å². The second kappa shape index (κ2) is 8.74. The fourth-order valence-corrected chi connectivity index (χ4v) is 2.01. The van der Waals surface area contributed by atoms with E-state index >= 15 is 0 Å². The summed E-state index contributed by atoms with van der Waals surface area (Å²) in [6.45, 7) is 3.20. The molecule has 0 saturated heterocycles. The zero-order chi connectivity index (χ0) is 19.9. The molecule has 0 amide bonds. The maximum atomic E-state index is 10.5. The first-order chi connectivity index (χ1) is 12.2. The van der Waals surface area contributed by atoms with Gasteiger partial charge in [0.15, 0.2) is 5.84 Å². The quantitative estimate of drug-likeness (QED) is 0.280. The van der Waals surface area contributed by atoms with Crippen LogP contribution in [0.1, 0.15) is 22.3 Å². The maximum absolute atomic E-state index is 10.5. The number of rotatable bonds is 3. The van der Waals surface area contributed by atoms with Crippen LogP contribution in [0.25, 0.3) is 0 Å². The Morgan fingerprint density at radius 2 is 1.58 bits per heavy atom. The number of hydrogen-bond donors (Lipinski definition) is 2. The van der Waals surface area contributed by atoms with Gasteiger partial charge in [-0.3, -0.25) is 20.2 Å². The molecular weight excluding hydrogens is 342 g/mol. The summed E-state index contributed by atoms with van der Waals surface area (Å²) in [7, 11) is 0. The number of nitriles is 1. The van der Waals surface area contributed by atoms with Crippen LogP contribution in [0.15, 0.2) is 41.6 Å². The van der Waals surface area contributed by atoms with Gasteiger partial charge in [0.2, 0.25) is 0 Å². The first kappa shape index (κ1) is 20.0. The molecule has 26 heavy (non-hydrogen) atoms. The van der Waals surface area contributed by atoms with E-state index in [1.165, 1.54) is 36.4 Å². The molecule has 0 unspecified atom stereocenters. The van der Waals surface area contributed by atoms with E-state index in [2.05, 4.69) is 5.16 Å². The van der Waals surface area contributed by atoms with Gasteiger partial charge in [0.1, 0.15) is 0 Å². The number of nitrogens with two attached hydrogens (primary N) is 1. The number of nitro benzene ring substituents is 2. The van der Waals surface area contributed by atoms with Gasteiger partial charge < -0.3 is 10.9 Å². The van der Waals surface area contributed by atoms with Crippen molar-refractivity contribution in [2.75, 3.05) is 0 Å². The fraction of sp³-hybridized carbons (Fsp3) is 0.125. The normalized spacial score (nSPS) is 10.3. The summed E-state index contributed by atoms with van der Waals surface area (Å²) in [6, 6.07) is 10.4. The molecule has 2 aromatic carbocycles. The highest BCUT2D eigenvalue weighted by atomic mass is 16.6. The minimum Gasteiger partial charge on any atom is -0.409 e. The maximum Gasteiger partial charge on any atom is 0.272 e. The Labute approximate surface area is 148 Å². The molecule has 0 fully saturated rings. The van der Waals surface area contributed by atoms with Crippen molar-refractivity contribution < 1.29 is 15.1 Å². The van der Waals surface area contributed by atoms with E-state index in [4.69, 9.17) is 16.2 Å². The number of amidine groups is 1. The zero-order valence-electron chi connectivity index (χ0n) is 13.9. The lowest BCUT2D eigenvalue weighted by atomic mass is 10.1. The van der Waals surface area contributed by atoms with Crippen molar-refractivity contribution in [3.8, 4) is 6.07 Å². The molecule has 0 radical (unpaired) electrons. The van der Waals surface area contributed by atoms with E-state index in [0.29, 0.717) is 22.3 Å². The molecule has 10 nitrogen and oxygen atoms in total. The molecular formula is C16H15N5O5. The molecule has 0 bridgehead atoms. The van der Waals surface area contributed by atoms with Crippen molar-refractivity contribution in [2.45, 2.75) is 13.8 Å². The first-order valence-electron chi connectivity index (χ1n) is 7.09. The molecule has 0 aliphatic rings. The van der Waals surface area contributed by atoms with Crippen LogP contribution in [0, 0.1) is 45.4 Å². The topological polar surface area (TPSA) is 169 Å². The third-order valence-corrected chi connectivity index (χ3v) is 3.32. The third-order valence-electron chi connectivity index (χ3n) is 3.32. The summed E-state index contributed by atoms with van der Waals surface area (Å²) in [5, 5.41) is 40.5. The minimum atomic E-state index is -0.481. The predicted molar refractivity (Wildman–Crippen MR) is 92.9 cm³/mol. The fourth-order valence-electron chi connectivity index (χ4n) is 2.01. The van der Waals surface area contributed by atoms with Gasteiger partial charge in [0.25, 0.3) is 11.4 Å². The summed E-state index contributed by atoms with van der Waals surface area (Å²) in [4.78, 5) is 19.9. The standard InChI is InChI=1S/C8H9N3O3.C8H6N2O2/c1-5-4-6(8(9)10-12)2-3-7(5)11(13)14;1-6-4-7(5-9)2-3-8(6)10(11)12/h2-4,12H,1H3,(H2,9,10);2-4H,1H3. The second-order valence-electron chi connectivity index (χ2n) is 5.11. The average molecular weight is 357 g/mol. The lowest BCUT2D eigenvalue weighted by Crippen LogP contribution is -2.13. The molecule has 134 valence electrons. The average Bonchev–Trinajstić information content (AvgIpc) is 2.60. The second-order valence-corrected chi connectivity index (χ2v) is 5.11. The predicted octanol–water partition coefficient (Wildman–Crippen LogP) is 2.77. The van der Waals surface area contributed by atoms with Gasteiger partial charge in [-0.1, -0.05) is 5.16 Å². The van der Waals surface area contributed by atoms with Crippen molar-refractivity contribution in [2.24, 2.45) is 10.9 Å². The highest BCUT2D eigenvalue weighted by Gasteiger charge is 2.11. The van der Waals surface area contributed by atoms with Crippen molar-refractivity contribution in [1.82, 2.24) is 0 Å². The van der Waals surface area contributed by atoms with Crippen LogP contribution in [0.2, 0.25) is 0 Å². The molecule has 3 N–H and O–H groups in total. The van der Waals surface area contributed by atoms with E-state index in [1.54, 1.807) is 13.8 Å². The van der Waals surface area contributed by atoms with Crippen LogP contribution in [-0.4, -0.2) is 20.9 Å². The van der Waals surface area contributed by atoms with Crippen LogP contribution >= 0.6 is 0 Å². The molecule has 0 spiro atoms. The monoisotopic (exact) mass is 357 g/mol. The van der Waals surface area contributed by atoms with Crippen LogP contribution in [0.3, 0.4) is 0 Å². The Hall–Kier alpha value is -4.00. The Bertz CT molecular complexity index is 918. The molecule has 2 aromatic rings. The zero-order valence-corrected chi connectivity index (χ0v) is 13.9. The van der Waals surface area contributed by atoms with Crippen LogP contribution in [0.5, 0.6) is 0 Å². The minimum absolute atomic E-state index is 0.0134. The van der Waals surface area contributed by atoms with Gasteiger partial charge in [-0.2, -0.15) is 5.26 Å². The molecule has 0 saturated carbocycles. The van der Waals surface area contributed by atoms with Gasteiger partial charge in [-0.15, -0.1) is 0 Å². The van der Waals surface area contributed by atoms with Crippen molar-refractivity contribution in [3.63, 3.8) is 0 Å². The Balaban J connectivity index is 0.000000263. The SMILES string of the molecule is Cc1cc(C#N)ccc1[N+](=O)[O-].Cc1cc(C(N)=NO)ccc1[N+](=O)[O-]. The van der Waals surface area contributed by atoms with Gasteiger partial charge in [-0.05, 0) is 38.1 Å². The third kappa shape index (κ3) is 5.00. The first-order valence-corrected chi connectivity index (χ1v) is 7.09. The summed E-state index contributed by atoms with van der Waals surface area (Å²) in [5.74, 6) is -0.0667. The highest BCUT2D eigenvalue weighted by Crippen LogP contribution is 2.19. The molecule has 2 rings (SSSR count). The number of oxime groups is 1. The van der Waals surface area contributed by atoms with E-state index in [1.807, 2.05) is 6.07 Å². The smallest absolute Gasteiger partial charge is 0.272 e. The molecule has 10 heteroatoms. The summed E-state index contributed by atoms with van der Waals surface area (Å²) >= 11 is 0. The van der Waals surface area contributed by atoms with Crippen LogP contribution in [-0.2, 0) is 0 Å². The van der Waals surface area contributed by atoms with Crippen LogP contribution < -0.4 is 5.73 Å². The molecule has 0 aliphatic carbocycles. The Morgan fingerprint density at radius 3 is 1.96 bits per heavy atom. The van der Waals surface area contributed by atoms with E-state index in [-0.39, 0.29) is 17.2 Å². The van der Waals surface area contributed by atoms with Gasteiger partial charge in [0.05, 0.1) is 21.5 Å². The number of nitro groups is 2. The molecule has 0 aromatic heterocycles. The van der Waals surface area contributed by atoms with Crippen molar-refractivity contribution >= 4 is 17.2 Å². The largest absolute Gasteiger partial charge is 0.409 e. The van der Waals surface area contributed by atoms with Crippen molar-refractivity contribution in [1.29, 1.82) is 5.26 Å². The molecule has 0 atom stereocenters. The number of benzene rings is 2. The lowest BCUT2D eigenvalue weighted by molar-refractivity contribution is -0.385. The lowest BCUT2D eigenvalue weighted by Gasteiger charge is -2.00. The highest BCUT2D eigenvalue weighted by molar-refractivity contribution is 5.97. The molecule has 0 heterocycles. The summed E-state index contributed by atoms with van der Waals surface area (Å²) in [6.07, 6.45) is 0. The van der Waals surface area contributed by atoms with E-state index in [0.717, 1.165) is 0 Å². The Morgan fingerprint density at radius 1 is 1.08 bits per heavy atom. The summed E-state index contributed by atoms with van der Waals surface area (Å²) < 4.78 is 0. The number of aryl methyl sites for hydroxylation is 2. The molecule has 0 aliphatic heterocycles. The van der Waals surface area contributed by atoms with E-state index in [9.17, 15) is 20.2 Å². The number of hydrogen-bond acceptors (Lipinski definition) is 7. The summed E-state index contributed by atoms with van der Waals surface area (Å²) in [5.41, 5.74) is 7.26. The van der Waals surface area contributed by atoms with Crippen LogP contribution in [0.4, 0.5) is 11.4 Å².